The number of benzene rings is 1. The standard InChI is InChI=1S/C20H23N3O4/c1-23-9-8-21-20(23)19(14-11-16(25-2)13-17(12-14)26-3)22-18(24)7-6-15-5-4-10-27-15/h4-5,8-13,19H,6-7H2,1-3H3,(H,22,24)/t19-/m1/s1. The Kier molecular flexibility index (Phi) is 5.80. The number of ether oxygens (including phenoxy) is 2. The van der Waals surface area contributed by atoms with Crippen LogP contribution in [0.1, 0.15) is 29.6 Å². The second-order valence-electron chi connectivity index (χ2n) is 6.12. The summed E-state index contributed by atoms with van der Waals surface area (Å²) >= 11 is 0. The van der Waals surface area contributed by atoms with Gasteiger partial charge in [0.1, 0.15) is 29.1 Å². The lowest BCUT2D eigenvalue weighted by molar-refractivity contribution is -0.121. The average Bonchev–Trinajstić information content (AvgIpc) is 3.35. The second-order valence-corrected chi connectivity index (χ2v) is 6.12. The number of aromatic nitrogens is 2. The Morgan fingerprint density at radius 1 is 1.26 bits per heavy atom. The second kappa shape index (κ2) is 8.44. The van der Waals surface area contributed by atoms with Crippen LogP contribution in [-0.4, -0.2) is 29.7 Å². The van der Waals surface area contributed by atoms with Gasteiger partial charge in [0.2, 0.25) is 5.91 Å². The summed E-state index contributed by atoms with van der Waals surface area (Å²) in [6, 6.07) is 8.77. The topological polar surface area (TPSA) is 78.5 Å². The Morgan fingerprint density at radius 2 is 2.00 bits per heavy atom. The van der Waals surface area contributed by atoms with Crippen LogP contribution in [0, 0.1) is 0 Å². The van der Waals surface area contributed by atoms with Gasteiger partial charge < -0.3 is 23.8 Å². The minimum Gasteiger partial charge on any atom is -0.497 e. The van der Waals surface area contributed by atoms with Crippen LogP contribution in [0.5, 0.6) is 11.5 Å². The number of hydrogen-bond donors (Lipinski definition) is 1. The van der Waals surface area contributed by atoms with Crippen molar-refractivity contribution in [2.75, 3.05) is 14.2 Å². The highest BCUT2D eigenvalue weighted by atomic mass is 16.5. The molecule has 3 aromatic rings. The van der Waals surface area contributed by atoms with Gasteiger partial charge in [-0.05, 0) is 29.8 Å². The molecule has 1 atom stereocenters. The molecule has 2 heterocycles. The van der Waals surface area contributed by atoms with Gasteiger partial charge in [0.25, 0.3) is 0 Å². The van der Waals surface area contributed by atoms with Crippen LogP contribution in [0.3, 0.4) is 0 Å². The summed E-state index contributed by atoms with van der Waals surface area (Å²) in [5.74, 6) is 2.70. The SMILES string of the molecule is COc1cc(OC)cc([C@@H](NC(=O)CCc2ccco2)c2nccn2C)c1. The third-order valence-electron chi connectivity index (χ3n) is 4.31. The highest BCUT2D eigenvalue weighted by Crippen LogP contribution is 2.29. The molecular formula is C20H23N3O4. The molecule has 0 aliphatic rings. The highest BCUT2D eigenvalue weighted by molar-refractivity contribution is 5.77. The molecule has 1 amide bonds. The predicted octanol–water partition coefficient (Wildman–Crippen LogP) is 2.87. The van der Waals surface area contributed by atoms with Crippen molar-refractivity contribution in [3.8, 4) is 11.5 Å². The van der Waals surface area contributed by atoms with Gasteiger partial charge in [-0.2, -0.15) is 0 Å². The van der Waals surface area contributed by atoms with Gasteiger partial charge in [-0.1, -0.05) is 0 Å². The maximum Gasteiger partial charge on any atom is 0.221 e. The number of carbonyl (C=O) groups is 1. The third-order valence-corrected chi connectivity index (χ3v) is 4.31. The molecule has 0 radical (unpaired) electrons. The number of carbonyl (C=O) groups excluding carboxylic acids is 1. The zero-order valence-corrected chi connectivity index (χ0v) is 15.6. The minimum absolute atomic E-state index is 0.0961. The molecule has 7 nitrogen and oxygen atoms in total. The van der Waals surface area contributed by atoms with E-state index in [0.29, 0.717) is 24.3 Å². The smallest absolute Gasteiger partial charge is 0.221 e. The third kappa shape index (κ3) is 4.49. The summed E-state index contributed by atoms with van der Waals surface area (Å²) in [5.41, 5.74) is 0.826. The fourth-order valence-electron chi connectivity index (χ4n) is 2.87. The fraction of sp³-hybridized carbons (Fsp3) is 0.300. The van der Waals surface area contributed by atoms with Crippen molar-refractivity contribution in [3.05, 3.63) is 66.1 Å². The molecule has 0 unspecified atom stereocenters. The number of rotatable bonds is 8. The molecule has 0 aliphatic carbocycles. The van der Waals surface area contributed by atoms with Crippen LogP contribution in [-0.2, 0) is 18.3 Å². The molecule has 0 bridgehead atoms. The Morgan fingerprint density at radius 3 is 2.56 bits per heavy atom. The molecule has 1 N–H and O–H groups in total. The molecule has 0 saturated heterocycles. The number of nitrogens with zero attached hydrogens (tertiary/aromatic N) is 2. The summed E-state index contributed by atoms with van der Waals surface area (Å²) < 4.78 is 17.9. The summed E-state index contributed by atoms with van der Waals surface area (Å²) in [6.45, 7) is 0. The molecule has 0 spiro atoms. The molecule has 3 rings (SSSR count). The van der Waals surface area contributed by atoms with E-state index in [1.165, 1.54) is 0 Å². The number of hydrogen-bond acceptors (Lipinski definition) is 5. The van der Waals surface area contributed by atoms with E-state index in [-0.39, 0.29) is 5.91 Å². The van der Waals surface area contributed by atoms with Crippen molar-refractivity contribution in [3.63, 3.8) is 0 Å². The zero-order valence-electron chi connectivity index (χ0n) is 15.6. The average molecular weight is 369 g/mol. The van der Waals surface area contributed by atoms with E-state index in [4.69, 9.17) is 13.9 Å². The van der Waals surface area contributed by atoms with Crippen molar-refractivity contribution in [1.82, 2.24) is 14.9 Å². The number of furan rings is 1. The van der Waals surface area contributed by atoms with Gasteiger partial charge in [0, 0.05) is 38.3 Å². The fourth-order valence-corrected chi connectivity index (χ4v) is 2.87. The molecule has 27 heavy (non-hydrogen) atoms. The molecule has 142 valence electrons. The first-order valence-corrected chi connectivity index (χ1v) is 8.62. The van der Waals surface area contributed by atoms with E-state index in [1.54, 1.807) is 32.7 Å². The lowest BCUT2D eigenvalue weighted by atomic mass is 10.0. The summed E-state index contributed by atoms with van der Waals surface area (Å²) in [7, 11) is 5.08. The van der Waals surface area contributed by atoms with Crippen LogP contribution in [0.25, 0.3) is 0 Å². The molecule has 0 saturated carbocycles. The van der Waals surface area contributed by atoms with Gasteiger partial charge >= 0.3 is 0 Å². The van der Waals surface area contributed by atoms with Crippen molar-refractivity contribution >= 4 is 5.91 Å². The predicted molar refractivity (Wildman–Crippen MR) is 99.8 cm³/mol. The van der Waals surface area contributed by atoms with Gasteiger partial charge in [-0.25, -0.2) is 4.98 Å². The number of nitrogens with one attached hydrogen (secondary N) is 1. The first-order valence-electron chi connectivity index (χ1n) is 8.62. The maximum absolute atomic E-state index is 12.6. The quantitative estimate of drug-likeness (QED) is 0.661. The summed E-state index contributed by atoms with van der Waals surface area (Å²) in [5, 5.41) is 3.07. The van der Waals surface area contributed by atoms with Crippen molar-refractivity contribution in [1.29, 1.82) is 0 Å². The monoisotopic (exact) mass is 369 g/mol. The zero-order chi connectivity index (χ0) is 19.2. The largest absolute Gasteiger partial charge is 0.497 e. The number of aryl methyl sites for hydroxylation is 2. The minimum atomic E-state index is -0.432. The van der Waals surface area contributed by atoms with E-state index in [0.717, 1.165) is 17.1 Å². The van der Waals surface area contributed by atoms with Crippen molar-refractivity contribution in [2.24, 2.45) is 7.05 Å². The number of methoxy groups -OCH3 is 2. The van der Waals surface area contributed by atoms with Crippen molar-refractivity contribution in [2.45, 2.75) is 18.9 Å². The number of amides is 1. The molecular weight excluding hydrogens is 346 g/mol. The van der Waals surface area contributed by atoms with Crippen LogP contribution in [0.4, 0.5) is 0 Å². The number of imidazole rings is 1. The molecule has 0 fully saturated rings. The van der Waals surface area contributed by atoms with Gasteiger partial charge in [0.15, 0.2) is 0 Å². The Labute approximate surface area is 157 Å². The summed E-state index contributed by atoms with van der Waals surface area (Å²) in [4.78, 5) is 17.0. The summed E-state index contributed by atoms with van der Waals surface area (Å²) in [6.07, 6.45) is 6.00. The normalized spacial score (nSPS) is 11.8. The molecule has 7 heteroatoms. The van der Waals surface area contributed by atoms with Crippen LogP contribution in [0.2, 0.25) is 0 Å². The van der Waals surface area contributed by atoms with E-state index < -0.39 is 6.04 Å². The molecule has 2 aromatic heterocycles. The Balaban J connectivity index is 1.86. The Hall–Kier alpha value is -3.22. The van der Waals surface area contributed by atoms with E-state index in [2.05, 4.69) is 10.3 Å². The van der Waals surface area contributed by atoms with E-state index in [1.807, 2.05) is 42.1 Å². The maximum atomic E-state index is 12.6. The lowest BCUT2D eigenvalue weighted by Gasteiger charge is -2.20. The van der Waals surface area contributed by atoms with Gasteiger partial charge in [-0.15, -0.1) is 0 Å². The molecule has 0 aliphatic heterocycles. The first kappa shape index (κ1) is 18.6. The van der Waals surface area contributed by atoms with Crippen LogP contribution in [0.15, 0.2) is 53.4 Å². The van der Waals surface area contributed by atoms with Crippen LogP contribution >= 0.6 is 0 Å². The first-order chi connectivity index (χ1) is 13.1. The molecule has 1 aromatic carbocycles. The lowest BCUT2D eigenvalue weighted by Crippen LogP contribution is -2.31. The van der Waals surface area contributed by atoms with Crippen molar-refractivity contribution < 1.29 is 18.7 Å². The van der Waals surface area contributed by atoms with Crippen LogP contribution < -0.4 is 14.8 Å². The highest BCUT2D eigenvalue weighted by Gasteiger charge is 2.22. The van der Waals surface area contributed by atoms with E-state index >= 15 is 0 Å². The van der Waals surface area contributed by atoms with Gasteiger partial charge in [-0.3, -0.25) is 4.79 Å². The van der Waals surface area contributed by atoms with E-state index in [9.17, 15) is 4.79 Å². The Bertz CT molecular complexity index is 864. The van der Waals surface area contributed by atoms with Gasteiger partial charge in [0.05, 0.1) is 20.5 Å².